The van der Waals surface area contributed by atoms with Crippen LogP contribution in [0.3, 0.4) is 0 Å². The Morgan fingerprint density at radius 2 is 2.00 bits per heavy atom. The Morgan fingerprint density at radius 1 is 1.29 bits per heavy atom. The first-order chi connectivity index (χ1) is 7.88. The fourth-order valence-corrected chi connectivity index (χ4v) is 2.23. The third-order valence-electron chi connectivity index (χ3n) is 3.05. The molecule has 2 atom stereocenters. The van der Waals surface area contributed by atoms with Crippen LogP contribution in [0.5, 0.6) is 0 Å². The Morgan fingerprint density at radius 3 is 2.53 bits per heavy atom. The molecular weight excluding hydrogens is 234 g/mol. The van der Waals surface area contributed by atoms with Crippen LogP contribution in [-0.2, 0) is 6.18 Å². The minimum atomic E-state index is -4.51. The Bertz CT molecular complexity index is 413. The van der Waals surface area contributed by atoms with Crippen LogP contribution in [0.25, 0.3) is 0 Å². The Hall–Kier alpha value is -1.10. The van der Waals surface area contributed by atoms with E-state index < -0.39 is 17.6 Å². The molecule has 1 nitrogen and oxygen atoms in total. The van der Waals surface area contributed by atoms with Crippen molar-refractivity contribution in [1.29, 1.82) is 0 Å². The Labute approximate surface area is 96.8 Å². The van der Waals surface area contributed by atoms with Gasteiger partial charge in [-0.1, -0.05) is 13.0 Å². The molecule has 1 saturated heterocycles. The lowest BCUT2D eigenvalue weighted by molar-refractivity contribution is -0.138. The van der Waals surface area contributed by atoms with Crippen molar-refractivity contribution in [1.82, 2.24) is 5.32 Å². The molecule has 94 valence electrons. The first-order valence-electron chi connectivity index (χ1n) is 5.48. The van der Waals surface area contributed by atoms with Crippen molar-refractivity contribution in [2.45, 2.75) is 25.6 Å². The van der Waals surface area contributed by atoms with Crippen LogP contribution >= 0.6 is 0 Å². The summed E-state index contributed by atoms with van der Waals surface area (Å²) in [6, 6.07) is 2.55. The lowest BCUT2D eigenvalue weighted by Gasteiger charge is -2.18. The SMILES string of the molecule is CC1CNC(c2ccc(F)cc2C(F)(F)F)C1. The van der Waals surface area contributed by atoms with Gasteiger partial charge in [-0.3, -0.25) is 0 Å². The average molecular weight is 247 g/mol. The maximum atomic E-state index is 12.9. The van der Waals surface area contributed by atoms with Gasteiger partial charge in [0.25, 0.3) is 0 Å². The highest BCUT2D eigenvalue weighted by molar-refractivity contribution is 5.33. The van der Waals surface area contributed by atoms with Gasteiger partial charge in [0.2, 0.25) is 0 Å². The van der Waals surface area contributed by atoms with Gasteiger partial charge in [0.1, 0.15) is 5.82 Å². The first-order valence-corrected chi connectivity index (χ1v) is 5.48. The highest BCUT2D eigenvalue weighted by Gasteiger charge is 2.37. The second kappa shape index (κ2) is 4.29. The van der Waals surface area contributed by atoms with E-state index in [1.54, 1.807) is 0 Å². The maximum Gasteiger partial charge on any atom is 0.416 e. The zero-order valence-corrected chi connectivity index (χ0v) is 9.31. The molecule has 5 heteroatoms. The van der Waals surface area contributed by atoms with E-state index in [0.29, 0.717) is 24.9 Å². The van der Waals surface area contributed by atoms with Gasteiger partial charge in [-0.25, -0.2) is 4.39 Å². The van der Waals surface area contributed by atoms with Gasteiger partial charge in [0.05, 0.1) is 5.56 Å². The van der Waals surface area contributed by atoms with Crippen molar-refractivity contribution in [2.24, 2.45) is 5.92 Å². The summed E-state index contributed by atoms with van der Waals surface area (Å²) in [7, 11) is 0. The topological polar surface area (TPSA) is 12.0 Å². The van der Waals surface area contributed by atoms with Crippen molar-refractivity contribution in [2.75, 3.05) is 6.54 Å². The molecule has 2 unspecified atom stereocenters. The van der Waals surface area contributed by atoms with Crippen LogP contribution in [0, 0.1) is 11.7 Å². The van der Waals surface area contributed by atoms with Crippen molar-refractivity contribution in [3.05, 3.63) is 35.1 Å². The molecule has 1 aromatic rings. The van der Waals surface area contributed by atoms with E-state index in [1.807, 2.05) is 6.92 Å². The van der Waals surface area contributed by atoms with Crippen LogP contribution < -0.4 is 5.32 Å². The highest BCUT2D eigenvalue weighted by atomic mass is 19.4. The van der Waals surface area contributed by atoms with Gasteiger partial charge in [-0.2, -0.15) is 13.2 Å². The number of nitrogens with one attached hydrogen (secondary N) is 1. The second-order valence-corrected chi connectivity index (χ2v) is 4.53. The van der Waals surface area contributed by atoms with Gasteiger partial charge < -0.3 is 5.32 Å². The predicted molar refractivity (Wildman–Crippen MR) is 55.9 cm³/mol. The fourth-order valence-electron chi connectivity index (χ4n) is 2.23. The van der Waals surface area contributed by atoms with Crippen LogP contribution in [0.4, 0.5) is 17.6 Å². The molecule has 2 rings (SSSR count). The molecule has 17 heavy (non-hydrogen) atoms. The number of hydrogen-bond donors (Lipinski definition) is 1. The summed E-state index contributed by atoms with van der Waals surface area (Å²) in [6.07, 6.45) is -3.86. The van der Waals surface area contributed by atoms with E-state index in [1.165, 1.54) is 6.07 Å². The molecule has 0 spiro atoms. The zero-order valence-electron chi connectivity index (χ0n) is 9.31. The molecule has 0 aromatic heterocycles. The van der Waals surface area contributed by atoms with Gasteiger partial charge in [-0.15, -0.1) is 0 Å². The van der Waals surface area contributed by atoms with E-state index in [0.717, 1.165) is 6.07 Å². The minimum Gasteiger partial charge on any atom is -0.310 e. The molecule has 1 fully saturated rings. The zero-order chi connectivity index (χ0) is 12.6. The summed E-state index contributed by atoms with van der Waals surface area (Å²) in [5, 5.41) is 3.03. The van der Waals surface area contributed by atoms with Gasteiger partial charge >= 0.3 is 6.18 Å². The van der Waals surface area contributed by atoms with E-state index in [4.69, 9.17) is 0 Å². The molecule has 0 saturated carbocycles. The number of rotatable bonds is 1. The largest absolute Gasteiger partial charge is 0.416 e. The number of hydrogen-bond acceptors (Lipinski definition) is 1. The van der Waals surface area contributed by atoms with Crippen molar-refractivity contribution < 1.29 is 17.6 Å². The number of alkyl halides is 3. The Kier molecular flexibility index (Phi) is 3.12. The van der Waals surface area contributed by atoms with Crippen LogP contribution in [0.1, 0.15) is 30.5 Å². The summed E-state index contributed by atoms with van der Waals surface area (Å²) in [6.45, 7) is 2.67. The van der Waals surface area contributed by atoms with Crippen LogP contribution in [0.15, 0.2) is 18.2 Å². The lowest BCUT2D eigenvalue weighted by atomic mass is 9.96. The monoisotopic (exact) mass is 247 g/mol. The van der Waals surface area contributed by atoms with Gasteiger partial charge in [0.15, 0.2) is 0 Å². The molecule has 1 N–H and O–H groups in total. The summed E-state index contributed by atoms with van der Waals surface area (Å²) in [5.74, 6) is -0.516. The van der Waals surface area contributed by atoms with E-state index in [2.05, 4.69) is 5.32 Å². The third kappa shape index (κ3) is 2.60. The first kappa shape index (κ1) is 12.4. The Balaban J connectivity index is 2.39. The molecule has 1 aromatic carbocycles. The molecule has 0 bridgehead atoms. The highest BCUT2D eigenvalue weighted by Crippen LogP contribution is 2.38. The van der Waals surface area contributed by atoms with Crippen LogP contribution in [0.2, 0.25) is 0 Å². The predicted octanol–water partition coefficient (Wildman–Crippen LogP) is 3.52. The van der Waals surface area contributed by atoms with Crippen molar-refractivity contribution in [3.63, 3.8) is 0 Å². The van der Waals surface area contributed by atoms with E-state index in [-0.39, 0.29) is 11.6 Å². The summed E-state index contributed by atoms with van der Waals surface area (Å²) in [4.78, 5) is 0. The minimum absolute atomic E-state index is 0.142. The van der Waals surface area contributed by atoms with Crippen molar-refractivity contribution in [3.8, 4) is 0 Å². The smallest absolute Gasteiger partial charge is 0.310 e. The summed E-state index contributed by atoms with van der Waals surface area (Å²) < 4.78 is 51.3. The quantitative estimate of drug-likeness (QED) is 0.749. The molecule has 0 radical (unpaired) electrons. The molecule has 0 aliphatic carbocycles. The summed E-state index contributed by atoms with van der Waals surface area (Å²) >= 11 is 0. The van der Waals surface area contributed by atoms with E-state index in [9.17, 15) is 17.6 Å². The average Bonchev–Trinajstić information content (AvgIpc) is 2.63. The molecule has 0 amide bonds. The standard InChI is InChI=1S/C12H13F4N/c1-7-4-11(17-6-7)9-3-2-8(13)5-10(9)12(14,15)16/h2-3,5,7,11,17H,4,6H2,1H3. The molecule has 1 heterocycles. The van der Waals surface area contributed by atoms with E-state index >= 15 is 0 Å². The lowest BCUT2D eigenvalue weighted by Crippen LogP contribution is -2.18. The van der Waals surface area contributed by atoms with Gasteiger partial charge in [0, 0.05) is 6.04 Å². The molecule has 1 aliphatic heterocycles. The second-order valence-electron chi connectivity index (χ2n) is 4.53. The molecule has 1 aliphatic rings. The number of benzene rings is 1. The number of halogens is 4. The van der Waals surface area contributed by atoms with Gasteiger partial charge in [-0.05, 0) is 36.6 Å². The van der Waals surface area contributed by atoms with Crippen molar-refractivity contribution >= 4 is 0 Å². The normalized spacial score (nSPS) is 25.2. The summed E-state index contributed by atoms with van der Waals surface area (Å²) in [5.41, 5.74) is -0.729. The fraction of sp³-hybridized carbons (Fsp3) is 0.500. The molecular formula is C12H13F4N. The maximum absolute atomic E-state index is 12.9. The van der Waals surface area contributed by atoms with Crippen LogP contribution in [-0.4, -0.2) is 6.54 Å². The third-order valence-corrected chi connectivity index (χ3v) is 3.05.